The minimum atomic E-state index is 0.0981. The molecule has 1 heterocycles. The van der Waals surface area contributed by atoms with Gasteiger partial charge in [0.25, 0.3) is 0 Å². The first-order valence-electron chi connectivity index (χ1n) is 7.72. The van der Waals surface area contributed by atoms with E-state index in [9.17, 15) is 0 Å². The smallest absolute Gasteiger partial charge is 0.0535 e. The zero-order chi connectivity index (χ0) is 13.3. The summed E-state index contributed by atoms with van der Waals surface area (Å²) >= 11 is 0. The fraction of sp³-hybridized carbons (Fsp3) is 0.647. The van der Waals surface area contributed by atoms with Crippen molar-refractivity contribution in [3.05, 3.63) is 35.9 Å². The summed E-state index contributed by atoms with van der Waals surface area (Å²) in [5.74, 6) is 0.973. The van der Waals surface area contributed by atoms with Gasteiger partial charge in [0.15, 0.2) is 0 Å². The summed E-state index contributed by atoms with van der Waals surface area (Å²) in [6.07, 6.45) is 4.15. The van der Waals surface area contributed by atoms with Crippen LogP contribution in [-0.4, -0.2) is 30.6 Å². The first-order valence-corrected chi connectivity index (χ1v) is 7.72. The molecule has 2 nitrogen and oxygen atoms in total. The molecular formula is C17H26N2. The van der Waals surface area contributed by atoms with Crippen molar-refractivity contribution in [1.29, 1.82) is 0 Å². The van der Waals surface area contributed by atoms with E-state index in [1.165, 1.54) is 31.4 Å². The lowest BCUT2D eigenvalue weighted by Crippen LogP contribution is -2.48. The Morgan fingerprint density at radius 1 is 1.21 bits per heavy atom. The van der Waals surface area contributed by atoms with Gasteiger partial charge in [-0.2, -0.15) is 0 Å². The fourth-order valence-electron chi connectivity index (χ4n) is 3.23. The number of nitrogens with one attached hydrogen (secondary N) is 1. The fourth-order valence-corrected chi connectivity index (χ4v) is 3.23. The highest BCUT2D eigenvalue weighted by atomic mass is 15.2. The zero-order valence-corrected chi connectivity index (χ0v) is 12.2. The molecule has 2 heteroatoms. The number of hydrogen-bond donors (Lipinski definition) is 1. The van der Waals surface area contributed by atoms with Crippen LogP contribution in [0.5, 0.6) is 0 Å². The van der Waals surface area contributed by atoms with Crippen molar-refractivity contribution in [3.8, 4) is 0 Å². The van der Waals surface area contributed by atoms with Gasteiger partial charge < -0.3 is 5.32 Å². The largest absolute Gasteiger partial charge is 0.306 e. The van der Waals surface area contributed by atoms with Gasteiger partial charge in [-0.25, -0.2) is 0 Å². The van der Waals surface area contributed by atoms with Crippen LogP contribution in [-0.2, 0) is 5.54 Å². The molecule has 1 N–H and O–H groups in total. The Hall–Kier alpha value is -0.860. The summed E-state index contributed by atoms with van der Waals surface area (Å²) in [6, 6.07) is 11.6. The number of hydrogen-bond acceptors (Lipinski definition) is 2. The highest BCUT2D eigenvalue weighted by molar-refractivity contribution is 5.24. The van der Waals surface area contributed by atoms with Crippen molar-refractivity contribution in [2.75, 3.05) is 19.6 Å². The first kappa shape index (κ1) is 13.1. The highest BCUT2D eigenvalue weighted by Crippen LogP contribution is 2.33. The molecule has 1 saturated heterocycles. The van der Waals surface area contributed by atoms with Crippen molar-refractivity contribution >= 4 is 0 Å². The molecule has 2 fully saturated rings. The Bertz CT molecular complexity index is 413. The molecule has 3 rings (SSSR count). The van der Waals surface area contributed by atoms with Crippen molar-refractivity contribution in [2.24, 2.45) is 5.92 Å². The Balaban J connectivity index is 1.80. The molecular weight excluding hydrogens is 232 g/mol. The monoisotopic (exact) mass is 258 g/mol. The van der Waals surface area contributed by atoms with E-state index in [0.717, 1.165) is 19.0 Å². The van der Waals surface area contributed by atoms with Gasteiger partial charge in [-0.3, -0.25) is 4.90 Å². The van der Waals surface area contributed by atoms with E-state index < -0.39 is 0 Å². The lowest BCUT2D eigenvalue weighted by molar-refractivity contribution is 0.167. The van der Waals surface area contributed by atoms with Crippen molar-refractivity contribution in [1.82, 2.24) is 10.2 Å². The average Bonchev–Trinajstić information content (AvgIpc) is 3.23. The molecule has 1 aliphatic carbocycles. The standard InChI is InChI=1S/C17H26N2/c1-14-10-11-18-17(2,16-6-4-3-5-7-16)13-19(14)12-15-8-9-15/h3-7,14-15,18H,8-13H2,1-2H3. The minimum absolute atomic E-state index is 0.0981. The van der Waals surface area contributed by atoms with Crippen molar-refractivity contribution < 1.29 is 0 Å². The summed E-state index contributed by atoms with van der Waals surface area (Å²) < 4.78 is 0. The third kappa shape index (κ3) is 3.01. The van der Waals surface area contributed by atoms with Crippen LogP contribution < -0.4 is 5.32 Å². The van der Waals surface area contributed by atoms with E-state index in [1.807, 2.05) is 0 Å². The van der Waals surface area contributed by atoms with Crippen LogP contribution in [0.2, 0.25) is 0 Å². The van der Waals surface area contributed by atoms with Crippen LogP contribution in [0, 0.1) is 5.92 Å². The van der Waals surface area contributed by atoms with Crippen molar-refractivity contribution in [3.63, 3.8) is 0 Å². The Labute approximate surface area is 117 Å². The second kappa shape index (κ2) is 5.26. The van der Waals surface area contributed by atoms with Gasteiger partial charge in [0.2, 0.25) is 0 Å². The van der Waals surface area contributed by atoms with E-state index in [1.54, 1.807) is 0 Å². The second-order valence-electron chi connectivity index (χ2n) is 6.64. The van der Waals surface area contributed by atoms with Gasteiger partial charge in [-0.1, -0.05) is 30.3 Å². The molecule has 0 aromatic heterocycles. The Morgan fingerprint density at radius 3 is 2.63 bits per heavy atom. The summed E-state index contributed by atoms with van der Waals surface area (Å²) in [5.41, 5.74) is 1.52. The topological polar surface area (TPSA) is 15.3 Å². The van der Waals surface area contributed by atoms with Crippen molar-refractivity contribution in [2.45, 2.75) is 44.7 Å². The third-order valence-corrected chi connectivity index (χ3v) is 4.82. The molecule has 2 unspecified atom stereocenters. The lowest BCUT2D eigenvalue weighted by Gasteiger charge is -2.36. The molecule has 2 atom stereocenters. The van der Waals surface area contributed by atoms with Gasteiger partial charge in [0.05, 0.1) is 5.54 Å². The van der Waals surface area contributed by atoms with Gasteiger partial charge in [0, 0.05) is 19.1 Å². The summed E-state index contributed by atoms with van der Waals surface area (Å²) in [5, 5.41) is 3.79. The molecule has 1 saturated carbocycles. The van der Waals surface area contributed by atoms with Crippen LogP contribution in [0.25, 0.3) is 0 Å². The van der Waals surface area contributed by atoms with E-state index >= 15 is 0 Å². The van der Waals surface area contributed by atoms with Crippen LogP contribution in [0.15, 0.2) is 30.3 Å². The summed E-state index contributed by atoms with van der Waals surface area (Å²) in [7, 11) is 0. The molecule has 1 aromatic rings. The lowest BCUT2D eigenvalue weighted by atomic mass is 9.91. The number of rotatable bonds is 3. The quantitative estimate of drug-likeness (QED) is 0.896. The maximum Gasteiger partial charge on any atom is 0.0535 e. The van der Waals surface area contributed by atoms with E-state index in [-0.39, 0.29) is 5.54 Å². The predicted molar refractivity (Wildman–Crippen MR) is 80.2 cm³/mol. The Morgan fingerprint density at radius 2 is 1.95 bits per heavy atom. The summed E-state index contributed by atoms with van der Waals surface area (Å²) in [6.45, 7) is 8.30. The first-order chi connectivity index (χ1) is 9.17. The molecule has 1 aromatic carbocycles. The predicted octanol–water partition coefficient (Wildman–Crippen LogP) is 3.00. The second-order valence-corrected chi connectivity index (χ2v) is 6.64. The highest BCUT2D eigenvalue weighted by Gasteiger charge is 2.35. The van der Waals surface area contributed by atoms with Crippen LogP contribution in [0.1, 0.15) is 38.7 Å². The minimum Gasteiger partial charge on any atom is -0.306 e. The normalized spacial score (nSPS) is 33.1. The van der Waals surface area contributed by atoms with Gasteiger partial charge in [-0.05, 0) is 51.1 Å². The summed E-state index contributed by atoms with van der Waals surface area (Å²) in [4.78, 5) is 2.71. The molecule has 0 amide bonds. The third-order valence-electron chi connectivity index (χ3n) is 4.82. The zero-order valence-electron chi connectivity index (χ0n) is 12.2. The average molecular weight is 258 g/mol. The Kier molecular flexibility index (Phi) is 3.64. The molecule has 19 heavy (non-hydrogen) atoms. The molecule has 2 aliphatic rings. The van der Waals surface area contributed by atoms with Gasteiger partial charge in [0.1, 0.15) is 0 Å². The number of nitrogens with zero attached hydrogens (tertiary/aromatic N) is 1. The molecule has 1 aliphatic heterocycles. The maximum atomic E-state index is 3.79. The van der Waals surface area contributed by atoms with E-state index in [4.69, 9.17) is 0 Å². The van der Waals surface area contributed by atoms with E-state index in [2.05, 4.69) is 54.4 Å². The van der Waals surface area contributed by atoms with Gasteiger partial charge in [-0.15, -0.1) is 0 Å². The maximum absolute atomic E-state index is 3.79. The van der Waals surface area contributed by atoms with Crippen LogP contribution in [0.4, 0.5) is 0 Å². The molecule has 0 spiro atoms. The SMILES string of the molecule is CC1CCNC(C)(c2ccccc2)CN1CC1CC1. The molecule has 0 radical (unpaired) electrons. The van der Waals surface area contributed by atoms with Crippen LogP contribution in [0.3, 0.4) is 0 Å². The molecule has 0 bridgehead atoms. The van der Waals surface area contributed by atoms with Gasteiger partial charge >= 0.3 is 0 Å². The van der Waals surface area contributed by atoms with E-state index in [0.29, 0.717) is 6.04 Å². The van der Waals surface area contributed by atoms with Crippen LogP contribution >= 0.6 is 0 Å². The molecule has 104 valence electrons. The number of benzene rings is 1.